The summed E-state index contributed by atoms with van der Waals surface area (Å²) in [6.45, 7) is 0.782. The third-order valence-corrected chi connectivity index (χ3v) is 19.1. The fourth-order valence-electron chi connectivity index (χ4n) is 14.2. The van der Waals surface area contributed by atoms with Gasteiger partial charge in [0.15, 0.2) is 0 Å². The molecule has 3 aliphatic carbocycles. The summed E-state index contributed by atoms with van der Waals surface area (Å²) in [5.41, 5.74) is 17.2. The lowest BCUT2D eigenvalue weighted by Crippen LogP contribution is -2.29. The minimum atomic E-state index is -0.308. The van der Waals surface area contributed by atoms with Crippen molar-refractivity contribution in [1.82, 2.24) is 0 Å². The van der Waals surface area contributed by atoms with E-state index in [1.54, 1.807) is 0 Å². The van der Waals surface area contributed by atoms with Crippen molar-refractivity contribution in [3.8, 4) is 51.5 Å². The Hall–Kier alpha value is -6.10. The van der Waals surface area contributed by atoms with Crippen molar-refractivity contribution in [2.24, 2.45) is 0 Å². The van der Waals surface area contributed by atoms with E-state index in [1.807, 2.05) is 24.3 Å². The first-order chi connectivity index (χ1) is 39.1. The Balaban J connectivity index is 0.835. The lowest BCUT2D eigenvalue weighted by Gasteiger charge is -2.37. The molecule has 0 atom stereocenters. The lowest BCUT2D eigenvalue weighted by molar-refractivity contribution is 0.304. The molecule has 7 aromatic carbocycles. The number of unbranched alkanes of at least 4 members (excludes halogenated alkanes) is 12. The number of hydrogen-bond donors (Lipinski definition) is 0. The van der Waals surface area contributed by atoms with E-state index in [1.165, 1.54) is 240 Å². The maximum atomic E-state index is 5.92. The molecule has 410 valence electrons. The number of benzene rings is 7. The van der Waals surface area contributed by atoms with E-state index in [0.717, 1.165) is 48.5 Å². The molecule has 0 amide bonds. The Labute approximate surface area is 478 Å². The Morgan fingerprint density at radius 3 is 0.899 bits per heavy atom. The van der Waals surface area contributed by atoms with E-state index in [-0.39, 0.29) is 5.41 Å². The van der Waals surface area contributed by atoms with Crippen molar-refractivity contribution in [2.45, 2.75) is 209 Å². The van der Waals surface area contributed by atoms with Crippen LogP contribution in [0.15, 0.2) is 170 Å². The van der Waals surface area contributed by atoms with Crippen LogP contribution >= 0.6 is 0 Å². The van der Waals surface area contributed by atoms with Gasteiger partial charge in [-0.25, -0.2) is 0 Å². The van der Waals surface area contributed by atoms with Gasteiger partial charge in [0.1, 0.15) is 5.75 Å². The minimum Gasteiger partial charge on any atom is -0.494 e. The summed E-state index contributed by atoms with van der Waals surface area (Å²) < 4.78 is 5.92. The molecular formula is C78H92O. The second-order valence-corrected chi connectivity index (χ2v) is 24.4. The fourth-order valence-corrected chi connectivity index (χ4v) is 14.2. The van der Waals surface area contributed by atoms with Gasteiger partial charge in [-0.3, -0.25) is 0 Å². The van der Waals surface area contributed by atoms with Crippen LogP contribution in [0.1, 0.15) is 243 Å². The maximum Gasteiger partial charge on any atom is 0.119 e. The van der Waals surface area contributed by atoms with Crippen LogP contribution in [-0.2, 0) is 5.41 Å². The van der Waals surface area contributed by atoms with Crippen LogP contribution < -0.4 is 4.74 Å². The highest BCUT2D eigenvalue weighted by atomic mass is 16.5. The molecule has 0 spiro atoms. The predicted molar refractivity (Wildman–Crippen MR) is 338 cm³/mol. The number of rotatable bonds is 26. The largest absolute Gasteiger partial charge is 0.494 e. The van der Waals surface area contributed by atoms with Crippen molar-refractivity contribution >= 4 is 0 Å². The van der Waals surface area contributed by atoms with Gasteiger partial charge in [-0.2, -0.15) is 0 Å². The first-order valence-corrected chi connectivity index (χ1v) is 32.0. The van der Waals surface area contributed by atoms with E-state index >= 15 is 0 Å². The highest BCUT2D eigenvalue weighted by Gasteiger charge is 2.36. The summed E-state index contributed by atoms with van der Waals surface area (Å²) >= 11 is 0. The highest BCUT2D eigenvalue weighted by Crippen LogP contribution is 2.46. The lowest BCUT2D eigenvalue weighted by atomic mass is 9.66. The van der Waals surface area contributed by atoms with Gasteiger partial charge in [-0.15, -0.1) is 6.42 Å². The van der Waals surface area contributed by atoms with Crippen LogP contribution in [0.4, 0.5) is 0 Å². The molecule has 3 aliphatic rings. The van der Waals surface area contributed by atoms with Gasteiger partial charge in [-0.05, 0) is 160 Å². The molecule has 3 saturated carbocycles. The van der Waals surface area contributed by atoms with Gasteiger partial charge in [0.05, 0.1) is 6.61 Å². The van der Waals surface area contributed by atoms with Gasteiger partial charge < -0.3 is 4.74 Å². The normalized spacial score (nSPS) is 15.7. The standard InChI is InChI=1S/C78H92O/c1-2-61-31-57-77(58-32-61)79-60-24-13-11-9-7-5-3-4-6-8-10-12-23-59-78(74-51-45-71(46-52-74)68-39-33-65(34-40-68)62-25-17-14-18-26-62,75-53-47-72(48-54-75)69-41-35-66(36-42-69)63-27-19-15-20-28-63)76-55-49-73(50-56-76)70-43-37-67(38-44-70)64-29-21-16-22-30-64/h1,31-58,62-64H,3-30,59-60H2. The van der Waals surface area contributed by atoms with E-state index in [9.17, 15) is 0 Å². The van der Waals surface area contributed by atoms with Crippen LogP contribution in [0.25, 0.3) is 33.4 Å². The highest BCUT2D eigenvalue weighted by molar-refractivity contribution is 5.69. The summed E-state index contributed by atoms with van der Waals surface area (Å²) in [7, 11) is 0. The molecule has 0 aliphatic heterocycles. The van der Waals surface area contributed by atoms with Gasteiger partial charge in [0, 0.05) is 11.0 Å². The number of hydrogen-bond acceptors (Lipinski definition) is 1. The van der Waals surface area contributed by atoms with Crippen molar-refractivity contribution in [2.75, 3.05) is 6.61 Å². The molecule has 0 unspecified atom stereocenters. The zero-order valence-electron chi connectivity index (χ0n) is 48.1. The molecular weight excluding hydrogens is 953 g/mol. The van der Waals surface area contributed by atoms with Gasteiger partial charge in [-0.1, -0.05) is 286 Å². The van der Waals surface area contributed by atoms with E-state index in [2.05, 4.69) is 152 Å². The van der Waals surface area contributed by atoms with Crippen molar-refractivity contribution in [1.29, 1.82) is 0 Å². The Kier molecular flexibility index (Phi) is 20.9. The summed E-state index contributed by atoms with van der Waals surface area (Å²) in [5, 5.41) is 0. The smallest absolute Gasteiger partial charge is 0.119 e. The summed E-state index contributed by atoms with van der Waals surface area (Å²) in [5.74, 6) is 5.75. The molecule has 3 fully saturated rings. The molecule has 0 aromatic heterocycles. The molecule has 1 heteroatoms. The average molecular weight is 1050 g/mol. The van der Waals surface area contributed by atoms with Gasteiger partial charge >= 0.3 is 0 Å². The molecule has 79 heavy (non-hydrogen) atoms. The molecule has 7 aromatic rings. The fraction of sp³-hybridized carbons (Fsp3) is 0.436. The zero-order valence-corrected chi connectivity index (χ0v) is 48.1. The first kappa shape index (κ1) is 56.2. The summed E-state index contributed by atoms with van der Waals surface area (Å²) in [4.78, 5) is 0. The van der Waals surface area contributed by atoms with E-state index in [4.69, 9.17) is 11.2 Å². The number of terminal acetylenes is 1. The minimum absolute atomic E-state index is 0.308. The molecule has 0 bridgehead atoms. The molecule has 1 nitrogen and oxygen atoms in total. The molecule has 10 rings (SSSR count). The Morgan fingerprint density at radius 2 is 0.595 bits per heavy atom. The average Bonchev–Trinajstić information content (AvgIpc) is 3.66. The molecule has 0 N–H and O–H groups in total. The van der Waals surface area contributed by atoms with Crippen molar-refractivity contribution in [3.63, 3.8) is 0 Å². The number of ether oxygens (including phenoxy) is 1. The van der Waals surface area contributed by atoms with Gasteiger partial charge in [0.25, 0.3) is 0 Å². The van der Waals surface area contributed by atoms with Crippen molar-refractivity contribution in [3.05, 3.63) is 209 Å². The second-order valence-electron chi connectivity index (χ2n) is 24.4. The third kappa shape index (κ3) is 15.2. The summed E-state index contributed by atoms with van der Waals surface area (Å²) in [6, 6.07) is 66.1. The Morgan fingerprint density at radius 1 is 0.316 bits per heavy atom. The zero-order chi connectivity index (χ0) is 53.7. The SMILES string of the molecule is C#Cc1ccc(OCCCCCCCCCCCCCCCC(c2ccc(-c3ccc(C4CCCCC4)cc3)cc2)(c2ccc(-c3ccc(C4CCCCC4)cc3)cc2)c2ccc(-c3ccc(C4CCCCC4)cc3)cc2)cc1. The van der Waals surface area contributed by atoms with Gasteiger partial charge in [0.2, 0.25) is 0 Å². The van der Waals surface area contributed by atoms with Crippen LogP contribution in [0.5, 0.6) is 5.75 Å². The second kappa shape index (κ2) is 29.4. The Bertz CT molecular complexity index is 2630. The topological polar surface area (TPSA) is 9.23 Å². The molecule has 0 saturated heterocycles. The predicted octanol–water partition coefficient (Wildman–Crippen LogP) is 22.7. The van der Waals surface area contributed by atoms with Crippen LogP contribution in [0, 0.1) is 12.3 Å². The van der Waals surface area contributed by atoms with E-state index < -0.39 is 0 Å². The monoisotopic (exact) mass is 1040 g/mol. The van der Waals surface area contributed by atoms with Crippen LogP contribution in [0.3, 0.4) is 0 Å². The quantitative estimate of drug-likeness (QED) is 0.0298. The maximum absolute atomic E-state index is 5.92. The first-order valence-electron chi connectivity index (χ1n) is 32.0. The molecule has 0 radical (unpaired) electrons. The third-order valence-electron chi connectivity index (χ3n) is 19.1. The van der Waals surface area contributed by atoms with Crippen LogP contribution in [0.2, 0.25) is 0 Å². The molecule has 0 heterocycles. The van der Waals surface area contributed by atoms with E-state index in [0.29, 0.717) is 0 Å². The summed E-state index contributed by atoms with van der Waals surface area (Å²) in [6.07, 6.45) is 43.8. The van der Waals surface area contributed by atoms with Crippen LogP contribution in [-0.4, -0.2) is 6.61 Å². The van der Waals surface area contributed by atoms with Crippen molar-refractivity contribution < 1.29 is 4.74 Å².